The second-order valence-corrected chi connectivity index (χ2v) is 4.90. The van der Waals surface area contributed by atoms with Crippen LogP contribution in [0.4, 0.5) is 0 Å². The van der Waals surface area contributed by atoms with E-state index in [2.05, 4.69) is 65.8 Å². The Morgan fingerprint density at radius 2 is 1.84 bits per heavy atom. The summed E-state index contributed by atoms with van der Waals surface area (Å²) < 4.78 is 0. The van der Waals surface area contributed by atoms with E-state index in [1.165, 1.54) is 22.0 Å². The first-order chi connectivity index (χ1) is 9.33. The van der Waals surface area contributed by atoms with E-state index in [4.69, 9.17) is 0 Å². The van der Waals surface area contributed by atoms with E-state index in [1.807, 2.05) is 12.3 Å². The van der Waals surface area contributed by atoms with Gasteiger partial charge in [0.25, 0.3) is 0 Å². The minimum absolute atomic E-state index is 0.341. The zero-order valence-corrected chi connectivity index (χ0v) is 11.1. The van der Waals surface area contributed by atoms with Crippen molar-refractivity contribution in [2.75, 3.05) is 0 Å². The third-order valence-corrected chi connectivity index (χ3v) is 3.53. The van der Waals surface area contributed by atoms with Crippen LogP contribution in [0.25, 0.3) is 10.8 Å². The van der Waals surface area contributed by atoms with Crippen LogP contribution >= 0.6 is 0 Å². The highest BCUT2D eigenvalue weighted by Crippen LogP contribution is 2.20. The lowest BCUT2D eigenvalue weighted by Gasteiger charge is -2.14. The minimum Gasteiger partial charge on any atom is -0.364 e. The van der Waals surface area contributed by atoms with Gasteiger partial charge in [-0.1, -0.05) is 36.4 Å². The highest BCUT2D eigenvalue weighted by atomic mass is 14.9. The van der Waals surface area contributed by atoms with Crippen LogP contribution in [0.1, 0.15) is 24.2 Å². The first-order valence-corrected chi connectivity index (χ1v) is 6.67. The van der Waals surface area contributed by atoms with Gasteiger partial charge in [0.05, 0.1) is 0 Å². The molecule has 0 aliphatic rings. The Hall–Kier alpha value is -2.06. The highest BCUT2D eigenvalue weighted by molar-refractivity contribution is 5.83. The summed E-state index contributed by atoms with van der Waals surface area (Å²) >= 11 is 0. The fourth-order valence-electron chi connectivity index (χ4n) is 2.34. The molecule has 1 aromatic heterocycles. The molecule has 0 radical (unpaired) electrons. The van der Waals surface area contributed by atoms with Crippen LogP contribution in [-0.2, 0) is 6.54 Å². The largest absolute Gasteiger partial charge is 0.364 e. The van der Waals surface area contributed by atoms with Crippen LogP contribution in [0.15, 0.2) is 60.8 Å². The van der Waals surface area contributed by atoms with Crippen LogP contribution in [0.2, 0.25) is 0 Å². The van der Waals surface area contributed by atoms with Gasteiger partial charge in [-0.25, -0.2) is 0 Å². The van der Waals surface area contributed by atoms with Gasteiger partial charge in [0.2, 0.25) is 0 Å². The number of rotatable bonds is 4. The molecule has 1 atom stereocenters. The number of aromatic nitrogens is 1. The van der Waals surface area contributed by atoms with Crippen LogP contribution in [-0.4, -0.2) is 4.98 Å². The molecule has 2 aromatic carbocycles. The van der Waals surface area contributed by atoms with E-state index in [0.717, 1.165) is 6.54 Å². The molecule has 0 bridgehead atoms. The second kappa shape index (κ2) is 5.29. The number of aromatic amines is 1. The summed E-state index contributed by atoms with van der Waals surface area (Å²) in [6.45, 7) is 3.06. The highest BCUT2D eigenvalue weighted by Gasteiger charge is 2.05. The molecule has 3 aromatic rings. The van der Waals surface area contributed by atoms with Crippen molar-refractivity contribution in [3.8, 4) is 0 Å². The monoisotopic (exact) mass is 250 g/mol. The molecule has 2 heteroatoms. The fraction of sp³-hybridized carbons (Fsp3) is 0.176. The van der Waals surface area contributed by atoms with Gasteiger partial charge >= 0.3 is 0 Å². The summed E-state index contributed by atoms with van der Waals surface area (Å²) in [6.07, 6.45) is 1.96. The summed E-state index contributed by atoms with van der Waals surface area (Å²) in [4.78, 5) is 3.21. The minimum atomic E-state index is 0.341. The first-order valence-electron chi connectivity index (χ1n) is 6.67. The lowest BCUT2D eigenvalue weighted by molar-refractivity contribution is 0.569. The smallest absolute Gasteiger partial charge is 0.0362 e. The van der Waals surface area contributed by atoms with E-state index in [-0.39, 0.29) is 0 Å². The number of hydrogen-bond donors (Lipinski definition) is 2. The average Bonchev–Trinajstić information content (AvgIpc) is 2.97. The molecule has 0 spiro atoms. The van der Waals surface area contributed by atoms with Gasteiger partial charge in [0.1, 0.15) is 0 Å². The van der Waals surface area contributed by atoms with Crippen molar-refractivity contribution < 1.29 is 0 Å². The van der Waals surface area contributed by atoms with Crippen LogP contribution in [0, 0.1) is 0 Å². The molecule has 0 unspecified atom stereocenters. The molecule has 0 aliphatic carbocycles. The Morgan fingerprint density at radius 3 is 2.63 bits per heavy atom. The summed E-state index contributed by atoms with van der Waals surface area (Å²) in [5.74, 6) is 0. The van der Waals surface area contributed by atoms with Gasteiger partial charge in [-0.15, -0.1) is 0 Å². The van der Waals surface area contributed by atoms with Crippen molar-refractivity contribution in [1.29, 1.82) is 0 Å². The lowest BCUT2D eigenvalue weighted by Crippen LogP contribution is -2.18. The van der Waals surface area contributed by atoms with E-state index < -0.39 is 0 Å². The SMILES string of the molecule is C[C@@H](NCc1ccc[nH]1)c1ccc2ccccc2c1. The van der Waals surface area contributed by atoms with Crippen LogP contribution < -0.4 is 5.32 Å². The van der Waals surface area contributed by atoms with Crippen molar-refractivity contribution in [3.05, 3.63) is 72.1 Å². The Labute approximate surface area is 113 Å². The normalized spacial score (nSPS) is 12.7. The van der Waals surface area contributed by atoms with E-state index in [9.17, 15) is 0 Å². The average molecular weight is 250 g/mol. The lowest BCUT2D eigenvalue weighted by atomic mass is 10.0. The summed E-state index contributed by atoms with van der Waals surface area (Å²) in [6, 6.07) is 19.6. The summed E-state index contributed by atoms with van der Waals surface area (Å²) in [5, 5.41) is 6.13. The number of nitrogens with one attached hydrogen (secondary N) is 2. The Balaban J connectivity index is 1.75. The fourth-order valence-corrected chi connectivity index (χ4v) is 2.34. The van der Waals surface area contributed by atoms with Gasteiger partial charge in [0.15, 0.2) is 0 Å². The maximum Gasteiger partial charge on any atom is 0.0362 e. The summed E-state index contributed by atoms with van der Waals surface area (Å²) in [7, 11) is 0. The molecular formula is C17H18N2. The molecule has 0 fully saturated rings. The summed E-state index contributed by atoms with van der Waals surface area (Å²) in [5.41, 5.74) is 2.54. The number of fused-ring (bicyclic) bond motifs is 1. The predicted molar refractivity (Wildman–Crippen MR) is 80.0 cm³/mol. The van der Waals surface area contributed by atoms with Crippen molar-refractivity contribution in [2.45, 2.75) is 19.5 Å². The molecule has 0 saturated carbocycles. The van der Waals surface area contributed by atoms with Gasteiger partial charge < -0.3 is 10.3 Å². The maximum absolute atomic E-state index is 3.53. The van der Waals surface area contributed by atoms with Gasteiger partial charge in [-0.05, 0) is 41.5 Å². The Morgan fingerprint density at radius 1 is 1.00 bits per heavy atom. The molecule has 2 N–H and O–H groups in total. The van der Waals surface area contributed by atoms with Crippen LogP contribution in [0.3, 0.4) is 0 Å². The molecule has 1 heterocycles. The Kier molecular flexibility index (Phi) is 3.34. The number of hydrogen-bond acceptors (Lipinski definition) is 1. The molecule has 96 valence electrons. The standard InChI is InChI=1S/C17H18N2/c1-13(19-12-17-7-4-10-18-17)15-9-8-14-5-2-3-6-16(14)11-15/h2-11,13,18-19H,12H2,1H3/t13-/m1/s1. The molecule has 0 saturated heterocycles. The van der Waals surface area contributed by atoms with Crippen molar-refractivity contribution in [3.63, 3.8) is 0 Å². The zero-order valence-electron chi connectivity index (χ0n) is 11.1. The number of H-pyrrole nitrogens is 1. The third-order valence-electron chi connectivity index (χ3n) is 3.53. The number of benzene rings is 2. The van der Waals surface area contributed by atoms with Crippen molar-refractivity contribution in [1.82, 2.24) is 10.3 Å². The Bertz CT molecular complexity index is 656. The quantitative estimate of drug-likeness (QED) is 0.719. The zero-order chi connectivity index (χ0) is 13.1. The molecule has 0 aliphatic heterocycles. The topological polar surface area (TPSA) is 27.8 Å². The molecular weight excluding hydrogens is 232 g/mol. The molecule has 3 rings (SSSR count). The van der Waals surface area contributed by atoms with Crippen molar-refractivity contribution in [2.24, 2.45) is 0 Å². The first kappa shape index (κ1) is 12.0. The van der Waals surface area contributed by atoms with E-state index in [0.29, 0.717) is 6.04 Å². The van der Waals surface area contributed by atoms with Gasteiger partial charge in [-0.2, -0.15) is 0 Å². The van der Waals surface area contributed by atoms with Crippen molar-refractivity contribution >= 4 is 10.8 Å². The third kappa shape index (κ3) is 2.69. The van der Waals surface area contributed by atoms with Gasteiger partial charge in [0, 0.05) is 24.5 Å². The van der Waals surface area contributed by atoms with Crippen LogP contribution in [0.5, 0.6) is 0 Å². The molecule has 2 nitrogen and oxygen atoms in total. The molecule has 19 heavy (non-hydrogen) atoms. The van der Waals surface area contributed by atoms with E-state index >= 15 is 0 Å². The molecule has 0 amide bonds. The van der Waals surface area contributed by atoms with E-state index in [1.54, 1.807) is 0 Å². The maximum atomic E-state index is 3.53. The predicted octanol–water partition coefficient (Wildman–Crippen LogP) is 4.02. The van der Waals surface area contributed by atoms with Gasteiger partial charge in [-0.3, -0.25) is 0 Å². The second-order valence-electron chi connectivity index (χ2n) is 4.90.